The minimum absolute atomic E-state index is 0.161. The third-order valence-electron chi connectivity index (χ3n) is 3.50. The molecule has 0 aliphatic heterocycles. The lowest BCUT2D eigenvalue weighted by Gasteiger charge is -2.29. The molecular formula is C17H22N2O. The summed E-state index contributed by atoms with van der Waals surface area (Å²) in [7, 11) is 3.79. The molecule has 0 saturated heterocycles. The van der Waals surface area contributed by atoms with Gasteiger partial charge in [0.1, 0.15) is 0 Å². The van der Waals surface area contributed by atoms with Crippen molar-refractivity contribution < 1.29 is 4.74 Å². The van der Waals surface area contributed by atoms with E-state index in [1.165, 1.54) is 16.8 Å². The SMILES string of the molecule is COCc1cccc(C(CN)N(C)c2ccccc2)c1. The number of benzene rings is 2. The van der Waals surface area contributed by atoms with Gasteiger partial charge in [-0.15, -0.1) is 0 Å². The van der Waals surface area contributed by atoms with Crippen LogP contribution in [0.15, 0.2) is 54.6 Å². The van der Waals surface area contributed by atoms with Crippen LogP contribution in [-0.4, -0.2) is 20.7 Å². The molecule has 0 aliphatic rings. The number of likely N-dealkylation sites (N-methyl/N-ethyl adjacent to an activating group) is 1. The Kier molecular flexibility index (Phi) is 5.16. The highest BCUT2D eigenvalue weighted by Gasteiger charge is 2.16. The number of nitrogens with two attached hydrogens (primary N) is 1. The maximum atomic E-state index is 5.99. The second-order valence-electron chi connectivity index (χ2n) is 4.88. The smallest absolute Gasteiger partial charge is 0.0713 e. The predicted molar refractivity (Wildman–Crippen MR) is 83.8 cm³/mol. The van der Waals surface area contributed by atoms with E-state index in [1.807, 2.05) is 18.2 Å². The summed E-state index contributed by atoms with van der Waals surface area (Å²) in [6, 6.07) is 18.9. The van der Waals surface area contributed by atoms with Crippen LogP contribution in [0.5, 0.6) is 0 Å². The van der Waals surface area contributed by atoms with E-state index in [0.29, 0.717) is 13.2 Å². The van der Waals surface area contributed by atoms with Crippen LogP contribution in [0.25, 0.3) is 0 Å². The van der Waals surface area contributed by atoms with Gasteiger partial charge in [-0.3, -0.25) is 0 Å². The number of para-hydroxylation sites is 1. The maximum absolute atomic E-state index is 5.99. The summed E-state index contributed by atoms with van der Waals surface area (Å²) in [5, 5.41) is 0. The fourth-order valence-electron chi connectivity index (χ4n) is 2.42. The lowest BCUT2D eigenvalue weighted by atomic mass is 10.0. The summed E-state index contributed by atoms with van der Waals surface area (Å²) >= 11 is 0. The van der Waals surface area contributed by atoms with Crippen LogP contribution in [-0.2, 0) is 11.3 Å². The van der Waals surface area contributed by atoms with Crippen LogP contribution in [0.2, 0.25) is 0 Å². The summed E-state index contributed by atoms with van der Waals surface area (Å²) in [5.74, 6) is 0. The molecule has 20 heavy (non-hydrogen) atoms. The van der Waals surface area contributed by atoms with Crippen molar-refractivity contribution in [1.82, 2.24) is 0 Å². The van der Waals surface area contributed by atoms with Crippen LogP contribution in [0, 0.1) is 0 Å². The first-order valence-electron chi connectivity index (χ1n) is 6.82. The van der Waals surface area contributed by atoms with E-state index in [2.05, 4.69) is 48.3 Å². The molecule has 2 aromatic rings. The molecule has 0 heterocycles. The average molecular weight is 270 g/mol. The summed E-state index contributed by atoms with van der Waals surface area (Å²) in [4.78, 5) is 2.21. The Morgan fingerprint density at radius 1 is 1.10 bits per heavy atom. The molecule has 0 spiro atoms. The Labute approximate surface area is 121 Å². The summed E-state index contributed by atoms with van der Waals surface area (Å²) in [5.41, 5.74) is 9.55. The van der Waals surface area contributed by atoms with Crippen LogP contribution in [0.4, 0.5) is 5.69 Å². The van der Waals surface area contributed by atoms with Gasteiger partial charge in [-0.25, -0.2) is 0 Å². The highest BCUT2D eigenvalue weighted by molar-refractivity contribution is 5.48. The van der Waals surface area contributed by atoms with Gasteiger partial charge in [0.25, 0.3) is 0 Å². The van der Waals surface area contributed by atoms with Crippen molar-refractivity contribution in [3.63, 3.8) is 0 Å². The molecule has 1 atom stereocenters. The van der Waals surface area contributed by atoms with Crippen LogP contribution in [0.1, 0.15) is 17.2 Å². The molecule has 0 bridgehead atoms. The fraction of sp³-hybridized carbons (Fsp3) is 0.294. The van der Waals surface area contributed by atoms with Crippen molar-refractivity contribution in [2.45, 2.75) is 12.6 Å². The molecule has 0 fully saturated rings. The van der Waals surface area contributed by atoms with Gasteiger partial charge in [-0.05, 0) is 23.3 Å². The quantitative estimate of drug-likeness (QED) is 0.877. The van der Waals surface area contributed by atoms with Gasteiger partial charge >= 0.3 is 0 Å². The summed E-state index contributed by atoms with van der Waals surface area (Å²) in [6.07, 6.45) is 0. The van der Waals surface area contributed by atoms with Crippen LogP contribution >= 0.6 is 0 Å². The third kappa shape index (κ3) is 3.38. The molecule has 3 nitrogen and oxygen atoms in total. The van der Waals surface area contributed by atoms with Gasteiger partial charge in [0.15, 0.2) is 0 Å². The van der Waals surface area contributed by atoms with Crippen molar-refractivity contribution in [2.24, 2.45) is 5.73 Å². The predicted octanol–water partition coefficient (Wildman–Crippen LogP) is 2.97. The minimum Gasteiger partial charge on any atom is -0.380 e. The molecule has 0 saturated carbocycles. The molecule has 1 unspecified atom stereocenters. The van der Waals surface area contributed by atoms with Crippen molar-refractivity contribution in [3.8, 4) is 0 Å². The van der Waals surface area contributed by atoms with E-state index in [-0.39, 0.29) is 6.04 Å². The second kappa shape index (κ2) is 7.08. The first-order valence-corrected chi connectivity index (χ1v) is 6.82. The maximum Gasteiger partial charge on any atom is 0.0713 e. The van der Waals surface area contributed by atoms with E-state index in [4.69, 9.17) is 10.5 Å². The normalized spacial score (nSPS) is 12.2. The lowest BCUT2D eigenvalue weighted by Crippen LogP contribution is -2.30. The zero-order valence-corrected chi connectivity index (χ0v) is 12.1. The van der Waals surface area contributed by atoms with Crippen molar-refractivity contribution in [3.05, 3.63) is 65.7 Å². The van der Waals surface area contributed by atoms with E-state index >= 15 is 0 Å². The van der Waals surface area contributed by atoms with Crippen molar-refractivity contribution in [2.75, 3.05) is 25.6 Å². The number of rotatable bonds is 6. The van der Waals surface area contributed by atoms with Crippen molar-refractivity contribution >= 4 is 5.69 Å². The number of ether oxygens (including phenoxy) is 1. The zero-order valence-electron chi connectivity index (χ0n) is 12.1. The molecule has 106 valence electrons. The van der Waals surface area contributed by atoms with E-state index in [0.717, 1.165) is 0 Å². The minimum atomic E-state index is 0.161. The number of hydrogen-bond acceptors (Lipinski definition) is 3. The van der Waals surface area contributed by atoms with Gasteiger partial charge in [0, 0.05) is 26.4 Å². The lowest BCUT2D eigenvalue weighted by molar-refractivity contribution is 0.185. The first-order chi connectivity index (χ1) is 9.76. The Balaban J connectivity index is 2.25. The van der Waals surface area contributed by atoms with Crippen LogP contribution in [0.3, 0.4) is 0 Å². The largest absolute Gasteiger partial charge is 0.380 e. The molecule has 2 N–H and O–H groups in total. The highest BCUT2D eigenvalue weighted by Crippen LogP contribution is 2.25. The molecule has 3 heteroatoms. The van der Waals surface area contributed by atoms with E-state index < -0.39 is 0 Å². The van der Waals surface area contributed by atoms with Crippen molar-refractivity contribution in [1.29, 1.82) is 0 Å². The molecule has 0 aliphatic carbocycles. The Morgan fingerprint density at radius 2 is 1.85 bits per heavy atom. The summed E-state index contributed by atoms with van der Waals surface area (Å²) < 4.78 is 5.20. The molecular weight excluding hydrogens is 248 g/mol. The standard InChI is InChI=1S/C17H22N2O/c1-19(16-9-4-3-5-10-16)17(12-18)15-8-6-7-14(11-15)13-20-2/h3-11,17H,12-13,18H2,1-2H3. The van der Waals surface area contributed by atoms with Gasteiger partial charge in [-0.2, -0.15) is 0 Å². The number of anilines is 1. The first kappa shape index (κ1) is 14.6. The number of nitrogens with zero attached hydrogens (tertiary/aromatic N) is 1. The van der Waals surface area contributed by atoms with Gasteiger partial charge in [0.05, 0.1) is 12.6 Å². The van der Waals surface area contributed by atoms with Gasteiger partial charge in [-0.1, -0.05) is 42.5 Å². The van der Waals surface area contributed by atoms with E-state index in [1.54, 1.807) is 7.11 Å². The van der Waals surface area contributed by atoms with Crippen LogP contribution < -0.4 is 10.6 Å². The Bertz CT molecular complexity index is 528. The fourth-order valence-corrected chi connectivity index (χ4v) is 2.42. The second-order valence-corrected chi connectivity index (χ2v) is 4.88. The monoisotopic (exact) mass is 270 g/mol. The topological polar surface area (TPSA) is 38.5 Å². The zero-order chi connectivity index (χ0) is 14.4. The highest BCUT2D eigenvalue weighted by atomic mass is 16.5. The Hall–Kier alpha value is -1.84. The van der Waals surface area contributed by atoms with Gasteiger partial charge < -0.3 is 15.4 Å². The number of hydrogen-bond donors (Lipinski definition) is 1. The molecule has 2 rings (SSSR count). The Morgan fingerprint density at radius 3 is 2.50 bits per heavy atom. The van der Waals surface area contributed by atoms with E-state index in [9.17, 15) is 0 Å². The molecule has 0 aromatic heterocycles. The summed E-state index contributed by atoms with van der Waals surface area (Å²) in [6.45, 7) is 1.20. The molecule has 0 amide bonds. The molecule has 2 aromatic carbocycles. The third-order valence-corrected chi connectivity index (χ3v) is 3.50. The van der Waals surface area contributed by atoms with Gasteiger partial charge in [0.2, 0.25) is 0 Å². The number of methoxy groups -OCH3 is 1. The molecule has 0 radical (unpaired) electrons. The average Bonchev–Trinajstić information content (AvgIpc) is 2.49.